The number of piperazine rings is 1. The molecule has 0 radical (unpaired) electrons. The SMILES string of the molecule is Cc1ccc(S(=O)(=O)N2CCN(C[C@@H](O)COc3ccc(-c4ccccc4)cc3)CC2)cc1C. The summed E-state index contributed by atoms with van der Waals surface area (Å²) in [5, 5.41) is 10.5. The Balaban J connectivity index is 1.24. The predicted octanol–water partition coefficient (Wildman–Crippen LogP) is 3.72. The fourth-order valence-corrected chi connectivity index (χ4v) is 5.60. The second-order valence-corrected chi connectivity index (χ2v) is 10.7. The van der Waals surface area contributed by atoms with E-state index in [1.54, 1.807) is 12.1 Å². The van der Waals surface area contributed by atoms with Gasteiger partial charge in [0.15, 0.2) is 0 Å². The van der Waals surface area contributed by atoms with Gasteiger partial charge in [-0.1, -0.05) is 48.5 Å². The molecule has 3 aromatic rings. The minimum atomic E-state index is -3.50. The highest BCUT2D eigenvalue weighted by atomic mass is 32.2. The van der Waals surface area contributed by atoms with Crippen LogP contribution in [-0.2, 0) is 10.0 Å². The van der Waals surface area contributed by atoms with Crippen LogP contribution in [0.15, 0.2) is 77.7 Å². The average Bonchev–Trinajstić information content (AvgIpc) is 2.85. The molecule has 1 aliphatic heterocycles. The van der Waals surface area contributed by atoms with Crippen molar-refractivity contribution < 1.29 is 18.3 Å². The van der Waals surface area contributed by atoms with Crippen LogP contribution >= 0.6 is 0 Å². The van der Waals surface area contributed by atoms with Gasteiger partial charge in [0.2, 0.25) is 10.0 Å². The molecule has 0 unspecified atom stereocenters. The van der Waals surface area contributed by atoms with Gasteiger partial charge in [0, 0.05) is 32.7 Å². The van der Waals surface area contributed by atoms with Crippen molar-refractivity contribution in [2.24, 2.45) is 0 Å². The van der Waals surface area contributed by atoms with Gasteiger partial charge in [-0.05, 0) is 60.4 Å². The molecule has 1 heterocycles. The molecule has 4 rings (SSSR count). The maximum Gasteiger partial charge on any atom is 0.243 e. The quantitative estimate of drug-likeness (QED) is 0.532. The van der Waals surface area contributed by atoms with Crippen LogP contribution in [-0.4, -0.2) is 68.2 Å². The van der Waals surface area contributed by atoms with Gasteiger partial charge in [-0.25, -0.2) is 8.42 Å². The summed E-state index contributed by atoms with van der Waals surface area (Å²) >= 11 is 0. The Morgan fingerprint density at radius 1 is 0.853 bits per heavy atom. The fourth-order valence-electron chi connectivity index (χ4n) is 4.09. The number of ether oxygens (including phenoxy) is 1. The van der Waals surface area contributed by atoms with Crippen LogP contribution in [0.25, 0.3) is 11.1 Å². The van der Waals surface area contributed by atoms with Gasteiger partial charge in [-0.2, -0.15) is 4.31 Å². The van der Waals surface area contributed by atoms with Crippen molar-refractivity contribution in [1.29, 1.82) is 0 Å². The molecule has 0 aliphatic carbocycles. The lowest BCUT2D eigenvalue weighted by Gasteiger charge is -2.34. The summed E-state index contributed by atoms with van der Waals surface area (Å²) < 4.78 is 33.3. The van der Waals surface area contributed by atoms with Crippen LogP contribution in [0.1, 0.15) is 11.1 Å². The molecular formula is C27H32N2O4S. The van der Waals surface area contributed by atoms with E-state index < -0.39 is 16.1 Å². The van der Waals surface area contributed by atoms with Gasteiger partial charge in [0.05, 0.1) is 4.90 Å². The molecule has 0 bridgehead atoms. The number of aliphatic hydroxyl groups is 1. The molecular weight excluding hydrogens is 448 g/mol. The molecule has 1 atom stereocenters. The lowest BCUT2D eigenvalue weighted by atomic mass is 10.1. The first kappa shape index (κ1) is 24.4. The van der Waals surface area contributed by atoms with Crippen LogP contribution in [0.5, 0.6) is 5.75 Å². The summed E-state index contributed by atoms with van der Waals surface area (Å²) in [6.07, 6.45) is -0.656. The Hall–Kier alpha value is -2.71. The Kier molecular flexibility index (Phi) is 7.68. The number of aliphatic hydroxyl groups excluding tert-OH is 1. The van der Waals surface area contributed by atoms with E-state index in [0.29, 0.717) is 43.4 Å². The average molecular weight is 481 g/mol. The lowest BCUT2D eigenvalue weighted by Crippen LogP contribution is -2.50. The van der Waals surface area contributed by atoms with Crippen molar-refractivity contribution in [3.05, 3.63) is 83.9 Å². The zero-order chi connectivity index (χ0) is 24.1. The second kappa shape index (κ2) is 10.7. The van der Waals surface area contributed by atoms with E-state index in [-0.39, 0.29) is 6.61 Å². The Morgan fingerprint density at radius 3 is 2.15 bits per heavy atom. The molecule has 6 nitrogen and oxygen atoms in total. The maximum absolute atomic E-state index is 13.0. The summed E-state index contributed by atoms with van der Waals surface area (Å²) in [7, 11) is -3.50. The summed E-state index contributed by atoms with van der Waals surface area (Å²) in [6.45, 7) is 6.49. The van der Waals surface area contributed by atoms with Crippen LogP contribution in [0.4, 0.5) is 0 Å². The van der Waals surface area contributed by atoms with Crippen molar-refractivity contribution in [2.45, 2.75) is 24.8 Å². The van der Waals surface area contributed by atoms with Crippen molar-refractivity contribution >= 4 is 10.0 Å². The second-order valence-electron chi connectivity index (χ2n) is 8.81. The molecule has 34 heavy (non-hydrogen) atoms. The molecule has 0 aromatic heterocycles. The summed E-state index contributed by atoms with van der Waals surface area (Å²) in [5.74, 6) is 0.711. The van der Waals surface area contributed by atoms with E-state index >= 15 is 0 Å². The first-order chi connectivity index (χ1) is 16.3. The van der Waals surface area contributed by atoms with E-state index in [1.165, 1.54) is 4.31 Å². The Labute approximate surface area is 202 Å². The highest BCUT2D eigenvalue weighted by Gasteiger charge is 2.29. The molecule has 1 saturated heterocycles. The van der Waals surface area contributed by atoms with Crippen LogP contribution < -0.4 is 4.74 Å². The zero-order valence-corrected chi connectivity index (χ0v) is 20.5. The van der Waals surface area contributed by atoms with Crippen LogP contribution in [0.3, 0.4) is 0 Å². The molecule has 3 aromatic carbocycles. The number of aryl methyl sites for hydroxylation is 2. The summed E-state index contributed by atoms with van der Waals surface area (Å²) in [5.41, 5.74) is 4.31. The first-order valence-corrected chi connectivity index (χ1v) is 13.0. The topological polar surface area (TPSA) is 70.1 Å². The lowest BCUT2D eigenvalue weighted by molar-refractivity contribution is 0.0569. The minimum Gasteiger partial charge on any atom is -0.491 e. The third-order valence-corrected chi connectivity index (χ3v) is 8.21. The van der Waals surface area contributed by atoms with Gasteiger partial charge in [0.1, 0.15) is 18.5 Å². The van der Waals surface area contributed by atoms with Gasteiger partial charge in [-0.3, -0.25) is 4.90 Å². The van der Waals surface area contributed by atoms with Gasteiger partial charge < -0.3 is 9.84 Å². The van der Waals surface area contributed by atoms with E-state index in [4.69, 9.17) is 4.74 Å². The minimum absolute atomic E-state index is 0.186. The molecule has 7 heteroatoms. The third-order valence-electron chi connectivity index (χ3n) is 6.32. The molecule has 1 aliphatic rings. The first-order valence-electron chi connectivity index (χ1n) is 11.6. The molecule has 1 N–H and O–H groups in total. The number of β-amino-alcohol motifs (C(OH)–C–C–N with tert-alkyl or cyclic N) is 1. The molecule has 0 amide bonds. The normalized spacial score (nSPS) is 16.3. The predicted molar refractivity (Wildman–Crippen MR) is 134 cm³/mol. The Bertz CT molecular complexity index is 1190. The van der Waals surface area contributed by atoms with E-state index in [2.05, 4.69) is 17.0 Å². The zero-order valence-electron chi connectivity index (χ0n) is 19.7. The largest absolute Gasteiger partial charge is 0.491 e. The van der Waals surface area contributed by atoms with Crippen LogP contribution in [0.2, 0.25) is 0 Å². The monoisotopic (exact) mass is 480 g/mol. The number of sulfonamides is 1. The Morgan fingerprint density at radius 2 is 1.50 bits per heavy atom. The van der Waals surface area contributed by atoms with Gasteiger partial charge in [0.25, 0.3) is 0 Å². The number of hydrogen-bond acceptors (Lipinski definition) is 5. The van der Waals surface area contributed by atoms with Crippen molar-refractivity contribution in [1.82, 2.24) is 9.21 Å². The van der Waals surface area contributed by atoms with Gasteiger partial charge >= 0.3 is 0 Å². The number of nitrogens with zero attached hydrogens (tertiary/aromatic N) is 2. The van der Waals surface area contributed by atoms with E-state index in [0.717, 1.165) is 22.3 Å². The highest BCUT2D eigenvalue weighted by Crippen LogP contribution is 2.23. The fraction of sp³-hybridized carbons (Fsp3) is 0.333. The van der Waals surface area contributed by atoms with Crippen molar-refractivity contribution in [2.75, 3.05) is 39.3 Å². The highest BCUT2D eigenvalue weighted by molar-refractivity contribution is 7.89. The maximum atomic E-state index is 13.0. The van der Waals surface area contributed by atoms with Crippen LogP contribution in [0, 0.1) is 13.8 Å². The third kappa shape index (κ3) is 5.85. The van der Waals surface area contributed by atoms with Crippen molar-refractivity contribution in [3.8, 4) is 16.9 Å². The smallest absolute Gasteiger partial charge is 0.243 e. The molecule has 180 valence electrons. The summed E-state index contributed by atoms with van der Waals surface area (Å²) in [6, 6.07) is 23.2. The number of rotatable bonds is 8. The summed E-state index contributed by atoms with van der Waals surface area (Å²) in [4.78, 5) is 2.43. The van der Waals surface area contributed by atoms with E-state index in [1.807, 2.05) is 62.4 Å². The molecule has 0 spiro atoms. The van der Waals surface area contributed by atoms with Crippen molar-refractivity contribution in [3.63, 3.8) is 0 Å². The molecule has 0 saturated carbocycles. The molecule has 1 fully saturated rings. The standard InChI is InChI=1S/C27H32N2O4S/c1-21-8-13-27(18-22(21)2)34(31,32)29-16-14-28(15-17-29)19-25(30)20-33-26-11-9-24(10-12-26)23-6-4-3-5-7-23/h3-13,18,25,30H,14-17,19-20H2,1-2H3/t25-/m1/s1. The number of hydrogen-bond donors (Lipinski definition) is 1. The van der Waals surface area contributed by atoms with E-state index in [9.17, 15) is 13.5 Å². The number of benzene rings is 3. The van der Waals surface area contributed by atoms with Gasteiger partial charge in [-0.15, -0.1) is 0 Å².